The molecule has 0 aromatic carbocycles. The summed E-state index contributed by atoms with van der Waals surface area (Å²) in [5.74, 6) is 0.775. The quantitative estimate of drug-likeness (QED) is 0.448. The molecule has 164 valence electrons. The number of aliphatic imine (C=N–C) groups is 1. The van der Waals surface area contributed by atoms with Crippen molar-refractivity contribution < 1.29 is 18.0 Å². The summed E-state index contributed by atoms with van der Waals surface area (Å²) < 4.78 is 37.0. The first kappa shape index (κ1) is 22.1. The van der Waals surface area contributed by atoms with Crippen molar-refractivity contribution in [2.45, 2.75) is 45.1 Å². The Labute approximate surface area is 177 Å². The largest absolute Gasteiger partial charge is 0.390 e. The van der Waals surface area contributed by atoms with Crippen LogP contribution in [-0.4, -0.2) is 43.1 Å². The molecule has 0 radical (unpaired) electrons. The van der Waals surface area contributed by atoms with Crippen LogP contribution in [0.2, 0.25) is 0 Å². The standard InChI is InChI=1S/C19H24ClF3N6O/c1-10-7-25-16(13-9-27-15-12(13)6-11(20)8-26-15)28-14(10)29-18(2,3)17(30)24-5-4-19(21,22)23/h6,8-9,15,25-26,28-29H,4-5,7H2,1-3H3,(H,24,30). The van der Waals surface area contributed by atoms with Crippen LogP contribution in [0.15, 0.2) is 50.7 Å². The molecule has 0 aliphatic carbocycles. The Morgan fingerprint density at radius 3 is 2.80 bits per heavy atom. The first-order valence-electron chi connectivity index (χ1n) is 9.41. The highest BCUT2D eigenvalue weighted by atomic mass is 35.5. The van der Waals surface area contributed by atoms with Crippen molar-refractivity contribution in [3.8, 4) is 0 Å². The molecular formula is C19H24ClF3N6O. The highest BCUT2D eigenvalue weighted by Crippen LogP contribution is 2.28. The summed E-state index contributed by atoms with van der Waals surface area (Å²) in [6.07, 6.45) is -0.358. The molecule has 0 spiro atoms. The average molecular weight is 445 g/mol. The molecule has 0 aromatic heterocycles. The first-order chi connectivity index (χ1) is 14.0. The number of allylic oxidation sites excluding steroid dienone is 2. The minimum atomic E-state index is -4.32. The van der Waals surface area contributed by atoms with Gasteiger partial charge in [0, 0.05) is 36.7 Å². The molecule has 1 atom stereocenters. The van der Waals surface area contributed by atoms with E-state index < -0.39 is 30.6 Å². The van der Waals surface area contributed by atoms with E-state index in [1.807, 2.05) is 13.0 Å². The topological polar surface area (TPSA) is 89.6 Å². The van der Waals surface area contributed by atoms with Gasteiger partial charge >= 0.3 is 6.18 Å². The van der Waals surface area contributed by atoms with Crippen molar-refractivity contribution in [1.82, 2.24) is 26.6 Å². The second-order valence-corrected chi connectivity index (χ2v) is 8.21. The van der Waals surface area contributed by atoms with Gasteiger partial charge in [-0.05, 0) is 32.4 Å². The fourth-order valence-electron chi connectivity index (χ4n) is 3.09. The molecule has 3 aliphatic heterocycles. The van der Waals surface area contributed by atoms with Crippen LogP contribution in [0.5, 0.6) is 0 Å². The van der Waals surface area contributed by atoms with Crippen molar-refractivity contribution in [3.05, 3.63) is 45.7 Å². The lowest BCUT2D eigenvalue weighted by Crippen LogP contribution is -2.56. The lowest BCUT2D eigenvalue weighted by atomic mass is 10.0. The van der Waals surface area contributed by atoms with Gasteiger partial charge in [0.15, 0.2) is 0 Å². The molecule has 0 fully saturated rings. The molecule has 1 unspecified atom stereocenters. The number of halogens is 4. The summed E-state index contributed by atoms with van der Waals surface area (Å²) in [6.45, 7) is 5.15. The predicted octanol–water partition coefficient (Wildman–Crippen LogP) is 2.08. The van der Waals surface area contributed by atoms with Gasteiger partial charge in [0.25, 0.3) is 0 Å². The fraction of sp³-hybridized carbons (Fsp3) is 0.474. The Kier molecular flexibility index (Phi) is 6.07. The van der Waals surface area contributed by atoms with Crippen molar-refractivity contribution >= 4 is 23.7 Å². The summed E-state index contributed by atoms with van der Waals surface area (Å²) >= 11 is 6.10. The minimum absolute atomic E-state index is 0.210. The monoisotopic (exact) mass is 444 g/mol. The second-order valence-electron chi connectivity index (χ2n) is 7.77. The Morgan fingerprint density at radius 1 is 1.37 bits per heavy atom. The number of fused-ring (bicyclic) bond motifs is 1. The van der Waals surface area contributed by atoms with Crippen LogP contribution in [0.4, 0.5) is 13.2 Å². The van der Waals surface area contributed by atoms with Gasteiger partial charge in [-0.1, -0.05) is 11.6 Å². The van der Waals surface area contributed by atoms with E-state index in [9.17, 15) is 18.0 Å². The van der Waals surface area contributed by atoms with Crippen LogP contribution in [0, 0.1) is 0 Å². The smallest absolute Gasteiger partial charge is 0.367 e. The molecule has 30 heavy (non-hydrogen) atoms. The first-order valence-corrected chi connectivity index (χ1v) is 9.79. The van der Waals surface area contributed by atoms with Gasteiger partial charge in [-0.25, -0.2) is 0 Å². The molecule has 3 heterocycles. The van der Waals surface area contributed by atoms with Crippen LogP contribution >= 0.6 is 11.6 Å². The van der Waals surface area contributed by atoms with Crippen LogP contribution in [0.1, 0.15) is 27.2 Å². The molecule has 3 aliphatic rings. The van der Waals surface area contributed by atoms with E-state index in [-0.39, 0.29) is 6.17 Å². The van der Waals surface area contributed by atoms with E-state index in [1.165, 1.54) is 0 Å². The van der Waals surface area contributed by atoms with E-state index in [4.69, 9.17) is 11.6 Å². The zero-order valence-corrected chi connectivity index (χ0v) is 17.6. The third-order valence-corrected chi connectivity index (χ3v) is 5.02. The molecule has 0 bridgehead atoms. The maximum absolute atomic E-state index is 12.4. The van der Waals surface area contributed by atoms with Crippen molar-refractivity contribution in [3.63, 3.8) is 0 Å². The molecule has 1 amide bonds. The van der Waals surface area contributed by atoms with Gasteiger partial charge in [0.05, 0.1) is 11.5 Å². The molecule has 11 heteroatoms. The van der Waals surface area contributed by atoms with E-state index in [0.717, 1.165) is 16.7 Å². The zero-order chi connectivity index (χ0) is 22.1. The number of alkyl halides is 3. The number of carbonyl (C=O) groups excluding carboxylic acids is 1. The van der Waals surface area contributed by atoms with E-state index in [0.29, 0.717) is 23.2 Å². The summed E-state index contributed by atoms with van der Waals surface area (Å²) in [7, 11) is 0. The Bertz CT molecular complexity index is 885. The van der Waals surface area contributed by atoms with E-state index in [1.54, 1.807) is 26.3 Å². The molecule has 0 aromatic rings. The normalized spacial score (nSPS) is 23.6. The zero-order valence-electron chi connectivity index (χ0n) is 16.8. The lowest BCUT2D eigenvalue weighted by Gasteiger charge is -2.33. The summed E-state index contributed by atoms with van der Waals surface area (Å²) in [5, 5.41) is 15.6. The number of hydrogen-bond acceptors (Lipinski definition) is 6. The van der Waals surface area contributed by atoms with Gasteiger partial charge in [0.1, 0.15) is 23.3 Å². The van der Waals surface area contributed by atoms with E-state index >= 15 is 0 Å². The number of dihydropyridines is 1. The second kappa shape index (κ2) is 8.25. The molecule has 0 saturated heterocycles. The number of rotatable bonds is 5. The minimum Gasteiger partial charge on any atom is -0.367 e. The summed E-state index contributed by atoms with van der Waals surface area (Å²) in [5.41, 5.74) is 1.51. The highest BCUT2D eigenvalue weighted by Gasteiger charge is 2.33. The maximum atomic E-state index is 12.4. The molecule has 5 N–H and O–H groups in total. The number of carbonyl (C=O) groups is 1. The van der Waals surface area contributed by atoms with Crippen molar-refractivity contribution in [1.29, 1.82) is 0 Å². The van der Waals surface area contributed by atoms with Gasteiger partial charge in [-0.15, -0.1) is 0 Å². The van der Waals surface area contributed by atoms with Crippen LogP contribution in [0.25, 0.3) is 0 Å². The third-order valence-electron chi connectivity index (χ3n) is 4.81. The highest BCUT2D eigenvalue weighted by molar-refractivity contribution is 6.31. The average Bonchev–Trinajstić information content (AvgIpc) is 3.05. The molecule has 0 saturated carbocycles. The number of nitrogens with zero attached hydrogens (tertiary/aromatic N) is 1. The Balaban J connectivity index is 1.71. The van der Waals surface area contributed by atoms with Gasteiger partial charge in [-0.3, -0.25) is 9.79 Å². The Hall–Kier alpha value is -2.62. The predicted molar refractivity (Wildman–Crippen MR) is 109 cm³/mol. The number of amides is 1. The van der Waals surface area contributed by atoms with Gasteiger partial charge in [0.2, 0.25) is 5.91 Å². The Morgan fingerprint density at radius 2 is 2.10 bits per heavy atom. The van der Waals surface area contributed by atoms with Crippen molar-refractivity contribution in [2.24, 2.45) is 4.99 Å². The molecule has 7 nitrogen and oxygen atoms in total. The number of nitrogens with one attached hydrogen (secondary N) is 5. The van der Waals surface area contributed by atoms with Crippen LogP contribution < -0.4 is 26.6 Å². The van der Waals surface area contributed by atoms with Crippen molar-refractivity contribution in [2.75, 3.05) is 13.1 Å². The summed E-state index contributed by atoms with van der Waals surface area (Å²) in [4.78, 5) is 16.8. The van der Waals surface area contributed by atoms with Gasteiger partial charge < -0.3 is 26.6 Å². The third kappa shape index (κ3) is 5.10. The molecular weight excluding hydrogens is 421 g/mol. The number of hydrogen-bond donors (Lipinski definition) is 5. The fourth-order valence-corrected chi connectivity index (χ4v) is 3.27. The van der Waals surface area contributed by atoms with Gasteiger partial charge in [-0.2, -0.15) is 13.2 Å². The summed E-state index contributed by atoms with van der Waals surface area (Å²) in [6, 6.07) is 0. The SMILES string of the molecule is CC1=C(NC(C)(C)C(=O)NCCC(F)(F)F)NC(=C2C=NC3NC=C(Cl)C=C23)NC1. The molecule has 3 rings (SSSR count). The van der Waals surface area contributed by atoms with Crippen LogP contribution in [-0.2, 0) is 4.79 Å². The lowest BCUT2D eigenvalue weighted by molar-refractivity contribution is -0.137. The van der Waals surface area contributed by atoms with Crippen LogP contribution in [0.3, 0.4) is 0 Å². The maximum Gasteiger partial charge on any atom is 0.390 e. The van der Waals surface area contributed by atoms with E-state index in [2.05, 4.69) is 31.6 Å².